The molecule has 3 heteroatoms. The Hall–Kier alpha value is -1.35. The molecule has 1 aliphatic heterocycles. The third-order valence-electron chi connectivity index (χ3n) is 3.21. The van der Waals surface area contributed by atoms with Crippen molar-refractivity contribution in [1.82, 2.24) is 10.6 Å². The predicted octanol–water partition coefficient (Wildman–Crippen LogP) is 1.75. The largest absolute Gasteiger partial charge is 0.355 e. The molecule has 0 spiro atoms. The van der Waals surface area contributed by atoms with Gasteiger partial charge in [-0.15, -0.1) is 0 Å². The van der Waals surface area contributed by atoms with E-state index in [1.165, 1.54) is 11.1 Å². The summed E-state index contributed by atoms with van der Waals surface area (Å²) in [7, 11) is 0. The maximum Gasteiger partial charge on any atom is 0.237 e. The molecular weight excluding hydrogens is 212 g/mol. The zero-order valence-electron chi connectivity index (χ0n) is 10.3. The lowest BCUT2D eigenvalue weighted by molar-refractivity contribution is -0.122. The Morgan fingerprint density at radius 2 is 2.06 bits per heavy atom. The van der Waals surface area contributed by atoms with Crippen LogP contribution in [0.15, 0.2) is 24.3 Å². The van der Waals surface area contributed by atoms with E-state index in [0.29, 0.717) is 0 Å². The Labute approximate surface area is 103 Å². The molecule has 1 heterocycles. The monoisotopic (exact) mass is 232 g/mol. The third-order valence-corrected chi connectivity index (χ3v) is 3.21. The highest BCUT2D eigenvalue weighted by Crippen LogP contribution is 2.07. The fourth-order valence-corrected chi connectivity index (χ4v) is 2.08. The molecule has 0 aromatic heterocycles. The first-order valence-corrected chi connectivity index (χ1v) is 6.32. The maximum atomic E-state index is 11.7. The summed E-state index contributed by atoms with van der Waals surface area (Å²) in [5, 5.41) is 6.27. The number of carbonyl (C=O) groups is 1. The van der Waals surface area contributed by atoms with Crippen LogP contribution < -0.4 is 10.6 Å². The number of rotatable bonds is 3. The summed E-state index contributed by atoms with van der Waals surface area (Å²) in [6.45, 7) is 3.66. The first kappa shape index (κ1) is 12.1. The van der Waals surface area contributed by atoms with Gasteiger partial charge in [-0.3, -0.25) is 4.79 Å². The van der Waals surface area contributed by atoms with Crippen molar-refractivity contribution in [3.8, 4) is 0 Å². The Kier molecular flexibility index (Phi) is 4.15. The van der Waals surface area contributed by atoms with Crippen LogP contribution in [0.25, 0.3) is 0 Å². The summed E-state index contributed by atoms with van der Waals surface area (Å²) < 4.78 is 0. The number of carbonyl (C=O) groups excluding carboxylic acids is 1. The smallest absolute Gasteiger partial charge is 0.237 e. The van der Waals surface area contributed by atoms with Crippen molar-refractivity contribution in [1.29, 1.82) is 0 Å². The molecule has 0 radical (unpaired) electrons. The molecule has 1 aliphatic rings. The van der Waals surface area contributed by atoms with Gasteiger partial charge in [0.25, 0.3) is 0 Å². The normalized spacial score (nSPS) is 20.8. The van der Waals surface area contributed by atoms with Gasteiger partial charge in [-0.1, -0.05) is 29.8 Å². The average Bonchev–Trinajstić information content (AvgIpc) is 2.54. The minimum absolute atomic E-state index is 0.0289. The lowest BCUT2D eigenvalue weighted by Gasteiger charge is -2.15. The number of aryl methyl sites for hydroxylation is 1. The molecule has 2 rings (SSSR count). The van der Waals surface area contributed by atoms with E-state index in [1.54, 1.807) is 0 Å². The highest BCUT2D eigenvalue weighted by molar-refractivity contribution is 5.81. The van der Waals surface area contributed by atoms with Crippen LogP contribution in [0.2, 0.25) is 0 Å². The number of benzene rings is 1. The first-order chi connectivity index (χ1) is 8.25. The molecule has 3 nitrogen and oxygen atoms in total. The lowest BCUT2D eigenvalue weighted by Crippen LogP contribution is -2.42. The molecule has 1 aromatic rings. The predicted molar refractivity (Wildman–Crippen MR) is 68.7 cm³/mol. The van der Waals surface area contributed by atoms with E-state index in [9.17, 15) is 4.79 Å². The van der Waals surface area contributed by atoms with Crippen molar-refractivity contribution >= 4 is 5.91 Å². The van der Waals surface area contributed by atoms with Crippen molar-refractivity contribution in [2.45, 2.75) is 38.8 Å². The molecule has 2 N–H and O–H groups in total. The van der Waals surface area contributed by atoms with Gasteiger partial charge in [0.2, 0.25) is 5.91 Å². The van der Waals surface area contributed by atoms with E-state index in [2.05, 4.69) is 41.8 Å². The minimum Gasteiger partial charge on any atom is -0.355 e. The molecule has 1 saturated heterocycles. The summed E-state index contributed by atoms with van der Waals surface area (Å²) in [6.07, 6.45) is 3.15. The van der Waals surface area contributed by atoms with Crippen molar-refractivity contribution < 1.29 is 4.79 Å². The first-order valence-electron chi connectivity index (χ1n) is 6.32. The Morgan fingerprint density at radius 1 is 1.29 bits per heavy atom. The lowest BCUT2D eigenvalue weighted by atomic mass is 10.1. The molecule has 1 unspecified atom stereocenters. The van der Waals surface area contributed by atoms with Crippen LogP contribution in [0.4, 0.5) is 0 Å². The fourth-order valence-electron chi connectivity index (χ4n) is 2.08. The minimum atomic E-state index is -0.0289. The van der Waals surface area contributed by atoms with Gasteiger partial charge in [0.15, 0.2) is 0 Å². The van der Waals surface area contributed by atoms with Gasteiger partial charge >= 0.3 is 0 Å². The van der Waals surface area contributed by atoms with E-state index >= 15 is 0 Å². The van der Waals surface area contributed by atoms with Crippen LogP contribution in [0, 0.1) is 6.92 Å². The van der Waals surface area contributed by atoms with Crippen molar-refractivity contribution in [3.05, 3.63) is 35.4 Å². The number of amides is 1. The molecule has 1 atom stereocenters. The third kappa shape index (κ3) is 3.56. The molecule has 0 aliphatic carbocycles. The van der Waals surface area contributed by atoms with Crippen LogP contribution in [-0.4, -0.2) is 18.5 Å². The van der Waals surface area contributed by atoms with Crippen LogP contribution in [0.5, 0.6) is 0 Å². The second kappa shape index (κ2) is 5.82. The molecule has 0 bridgehead atoms. The van der Waals surface area contributed by atoms with Gasteiger partial charge in [0.05, 0.1) is 6.04 Å². The van der Waals surface area contributed by atoms with Gasteiger partial charge in [0.1, 0.15) is 0 Å². The Bertz CT molecular complexity index is 372. The molecule has 1 aromatic carbocycles. The average molecular weight is 232 g/mol. The SMILES string of the molecule is Cc1ccc(CNC2CCCCNC2=O)cc1. The summed E-state index contributed by atoms with van der Waals surface area (Å²) in [5.41, 5.74) is 2.49. The van der Waals surface area contributed by atoms with Crippen LogP contribution >= 0.6 is 0 Å². The van der Waals surface area contributed by atoms with E-state index in [0.717, 1.165) is 32.4 Å². The van der Waals surface area contributed by atoms with Crippen molar-refractivity contribution in [3.63, 3.8) is 0 Å². The molecule has 92 valence electrons. The second-order valence-electron chi connectivity index (χ2n) is 4.71. The van der Waals surface area contributed by atoms with Crippen molar-refractivity contribution in [2.24, 2.45) is 0 Å². The van der Waals surface area contributed by atoms with Gasteiger partial charge in [-0.05, 0) is 31.7 Å². The van der Waals surface area contributed by atoms with Gasteiger partial charge in [0, 0.05) is 13.1 Å². The van der Waals surface area contributed by atoms with E-state index in [4.69, 9.17) is 0 Å². The summed E-state index contributed by atoms with van der Waals surface area (Å²) in [4.78, 5) is 11.7. The number of hydrogen-bond acceptors (Lipinski definition) is 2. The summed E-state index contributed by atoms with van der Waals surface area (Å²) >= 11 is 0. The van der Waals surface area contributed by atoms with Crippen LogP contribution in [0.1, 0.15) is 30.4 Å². The highest BCUT2D eigenvalue weighted by atomic mass is 16.2. The van der Waals surface area contributed by atoms with Crippen molar-refractivity contribution in [2.75, 3.05) is 6.54 Å². The van der Waals surface area contributed by atoms with E-state index in [-0.39, 0.29) is 11.9 Å². The Morgan fingerprint density at radius 3 is 2.82 bits per heavy atom. The zero-order chi connectivity index (χ0) is 12.1. The highest BCUT2D eigenvalue weighted by Gasteiger charge is 2.19. The fraction of sp³-hybridized carbons (Fsp3) is 0.500. The van der Waals surface area contributed by atoms with E-state index in [1.807, 2.05) is 0 Å². The molecule has 17 heavy (non-hydrogen) atoms. The summed E-state index contributed by atoms with van der Waals surface area (Å²) in [6, 6.07) is 8.39. The van der Waals surface area contributed by atoms with E-state index < -0.39 is 0 Å². The molecule has 1 fully saturated rings. The topological polar surface area (TPSA) is 41.1 Å². The van der Waals surface area contributed by atoms with Crippen LogP contribution in [0.3, 0.4) is 0 Å². The van der Waals surface area contributed by atoms with Gasteiger partial charge < -0.3 is 10.6 Å². The molecule has 0 saturated carbocycles. The molecular formula is C14H20N2O. The van der Waals surface area contributed by atoms with Gasteiger partial charge in [-0.2, -0.15) is 0 Å². The maximum absolute atomic E-state index is 11.7. The number of nitrogens with one attached hydrogen (secondary N) is 2. The Balaban J connectivity index is 1.88. The van der Waals surface area contributed by atoms with Gasteiger partial charge in [-0.25, -0.2) is 0 Å². The quantitative estimate of drug-likeness (QED) is 0.833. The summed E-state index contributed by atoms with van der Waals surface area (Å²) in [5.74, 6) is 0.148. The second-order valence-corrected chi connectivity index (χ2v) is 4.71. The van der Waals surface area contributed by atoms with Crippen LogP contribution in [-0.2, 0) is 11.3 Å². The zero-order valence-corrected chi connectivity index (χ0v) is 10.3. The molecule has 1 amide bonds. The standard InChI is InChI=1S/C14H20N2O/c1-11-5-7-12(8-6-11)10-16-13-4-2-3-9-15-14(13)17/h5-8,13,16H,2-4,9-10H2,1H3,(H,15,17). The number of hydrogen-bond donors (Lipinski definition) is 2.